The molecule has 27 heavy (non-hydrogen) atoms. The maximum Gasteiger partial charge on any atom is 0.279 e. The SMILES string of the molecule is CC(C[C@H](OC(=N)N)C(F)F)c1cc(C#Cc2ccc(Cl)nc2)ccc1F. The summed E-state index contributed by atoms with van der Waals surface area (Å²) in [5.74, 6) is 4.63. The molecule has 1 aromatic heterocycles. The lowest BCUT2D eigenvalue weighted by Crippen LogP contribution is -2.30. The minimum Gasteiger partial charge on any atom is -0.456 e. The quantitative estimate of drug-likeness (QED) is 0.343. The highest BCUT2D eigenvalue weighted by molar-refractivity contribution is 6.29. The van der Waals surface area contributed by atoms with Crippen molar-refractivity contribution in [3.8, 4) is 11.8 Å². The zero-order valence-electron chi connectivity index (χ0n) is 14.3. The van der Waals surface area contributed by atoms with Crippen LogP contribution in [0.3, 0.4) is 0 Å². The van der Waals surface area contributed by atoms with Crippen molar-refractivity contribution in [3.63, 3.8) is 0 Å². The van der Waals surface area contributed by atoms with E-state index in [1.807, 2.05) is 0 Å². The molecule has 0 radical (unpaired) electrons. The van der Waals surface area contributed by atoms with Crippen molar-refractivity contribution < 1.29 is 17.9 Å². The van der Waals surface area contributed by atoms with Crippen molar-refractivity contribution >= 4 is 17.6 Å². The highest BCUT2D eigenvalue weighted by atomic mass is 35.5. The molecule has 8 heteroatoms. The molecule has 0 saturated carbocycles. The molecule has 1 aromatic carbocycles. The molecule has 0 aliphatic heterocycles. The van der Waals surface area contributed by atoms with E-state index in [2.05, 4.69) is 21.6 Å². The molecule has 0 saturated heterocycles. The fraction of sp³-hybridized carbons (Fsp3) is 0.263. The average molecular weight is 396 g/mol. The molecule has 4 nitrogen and oxygen atoms in total. The molecule has 142 valence electrons. The summed E-state index contributed by atoms with van der Waals surface area (Å²) in [5.41, 5.74) is 6.41. The fourth-order valence-electron chi connectivity index (χ4n) is 2.43. The number of nitrogens with zero attached hydrogens (tertiary/aromatic N) is 1. The number of hydrogen-bond acceptors (Lipinski definition) is 3. The Balaban J connectivity index is 2.21. The monoisotopic (exact) mass is 395 g/mol. The number of hydrogen-bond donors (Lipinski definition) is 2. The van der Waals surface area contributed by atoms with Crippen LogP contribution in [0.15, 0.2) is 36.5 Å². The first-order valence-electron chi connectivity index (χ1n) is 7.98. The zero-order chi connectivity index (χ0) is 20.0. The number of aromatic nitrogens is 1. The summed E-state index contributed by atoms with van der Waals surface area (Å²) in [6, 6.07) is 6.74. The maximum absolute atomic E-state index is 14.2. The van der Waals surface area contributed by atoms with Crippen LogP contribution >= 0.6 is 11.6 Å². The van der Waals surface area contributed by atoms with E-state index in [1.165, 1.54) is 24.4 Å². The Morgan fingerprint density at radius 3 is 2.52 bits per heavy atom. The smallest absolute Gasteiger partial charge is 0.279 e. The van der Waals surface area contributed by atoms with Gasteiger partial charge in [-0.15, -0.1) is 0 Å². The van der Waals surface area contributed by atoms with Crippen LogP contribution in [0.1, 0.15) is 36.0 Å². The van der Waals surface area contributed by atoms with Crippen molar-refractivity contribution in [2.24, 2.45) is 5.73 Å². The summed E-state index contributed by atoms with van der Waals surface area (Å²) in [6.07, 6.45) is -3.13. The van der Waals surface area contributed by atoms with Gasteiger partial charge >= 0.3 is 0 Å². The van der Waals surface area contributed by atoms with E-state index >= 15 is 0 Å². The summed E-state index contributed by atoms with van der Waals surface area (Å²) >= 11 is 5.71. The van der Waals surface area contributed by atoms with Gasteiger partial charge in [-0.3, -0.25) is 5.41 Å². The first-order chi connectivity index (χ1) is 12.8. The number of amidine groups is 1. The van der Waals surface area contributed by atoms with Gasteiger partial charge in [0, 0.05) is 17.3 Å². The Labute approximate surface area is 160 Å². The van der Waals surface area contributed by atoms with Crippen LogP contribution < -0.4 is 5.73 Å². The Hall–Kier alpha value is -2.72. The van der Waals surface area contributed by atoms with Crippen LogP contribution in [0.2, 0.25) is 5.15 Å². The minimum absolute atomic E-state index is 0.202. The minimum atomic E-state index is -2.85. The van der Waals surface area contributed by atoms with E-state index in [1.54, 1.807) is 19.1 Å². The Morgan fingerprint density at radius 1 is 1.26 bits per heavy atom. The van der Waals surface area contributed by atoms with E-state index in [0.29, 0.717) is 16.3 Å². The normalized spacial score (nSPS) is 12.8. The highest BCUT2D eigenvalue weighted by Crippen LogP contribution is 2.27. The van der Waals surface area contributed by atoms with Gasteiger partial charge in [-0.05, 0) is 48.2 Å². The number of alkyl halides is 2. The second-order valence-corrected chi connectivity index (χ2v) is 6.23. The molecule has 0 fully saturated rings. The van der Waals surface area contributed by atoms with Gasteiger partial charge in [-0.1, -0.05) is 30.4 Å². The fourth-order valence-corrected chi connectivity index (χ4v) is 2.55. The van der Waals surface area contributed by atoms with Crippen LogP contribution in [0.5, 0.6) is 0 Å². The van der Waals surface area contributed by atoms with Crippen LogP contribution in [0.25, 0.3) is 0 Å². The van der Waals surface area contributed by atoms with Crippen molar-refractivity contribution in [2.45, 2.75) is 31.8 Å². The van der Waals surface area contributed by atoms with E-state index < -0.39 is 30.3 Å². The molecule has 0 bridgehead atoms. The molecule has 2 aromatic rings. The summed E-state index contributed by atoms with van der Waals surface area (Å²) in [6.45, 7) is 1.59. The molecule has 0 amide bonds. The number of nitrogens with one attached hydrogen (secondary N) is 1. The van der Waals surface area contributed by atoms with Gasteiger partial charge in [-0.25, -0.2) is 18.2 Å². The van der Waals surface area contributed by atoms with Crippen molar-refractivity contribution in [1.29, 1.82) is 5.41 Å². The lowest BCUT2D eigenvalue weighted by molar-refractivity contribution is -0.00484. The van der Waals surface area contributed by atoms with Crippen LogP contribution in [-0.4, -0.2) is 23.5 Å². The second kappa shape index (κ2) is 9.28. The van der Waals surface area contributed by atoms with Gasteiger partial charge in [0.15, 0.2) is 6.10 Å². The number of pyridine rings is 1. The van der Waals surface area contributed by atoms with Gasteiger partial charge in [-0.2, -0.15) is 0 Å². The predicted octanol–water partition coefficient (Wildman–Crippen LogP) is 4.31. The molecule has 3 N–H and O–H groups in total. The summed E-state index contributed by atoms with van der Waals surface area (Å²) in [7, 11) is 0. The molecular weight excluding hydrogens is 379 g/mol. The first kappa shape index (κ1) is 20.6. The van der Waals surface area contributed by atoms with E-state index in [0.717, 1.165) is 0 Å². The van der Waals surface area contributed by atoms with Gasteiger partial charge in [0.1, 0.15) is 11.0 Å². The number of nitrogens with two attached hydrogens (primary N) is 1. The standard InChI is InChI=1S/C19H17ClF3N3O/c1-11(8-16(18(22)23)27-19(24)25)14-9-12(4-6-15(14)21)2-3-13-5-7-17(20)26-10-13/h4-7,9-11,16,18H,8H2,1H3,(H3,24,25)/t11?,16-/m0/s1. The largest absolute Gasteiger partial charge is 0.456 e. The maximum atomic E-state index is 14.2. The van der Waals surface area contributed by atoms with Crippen molar-refractivity contribution in [2.75, 3.05) is 0 Å². The number of halogens is 4. The van der Waals surface area contributed by atoms with Gasteiger partial charge < -0.3 is 10.5 Å². The molecule has 0 aliphatic carbocycles. The van der Waals surface area contributed by atoms with Gasteiger partial charge in [0.25, 0.3) is 12.4 Å². The predicted molar refractivity (Wildman–Crippen MR) is 97.5 cm³/mol. The summed E-state index contributed by atoms with van der Waals surface area (Å²) < 4.78 is 44.9. The molecular formula is C19H17ClF3N3O. The summed E-state index contributed by atoms with van der Waals surface area (Å²) in [5, 5.41) is 7.36. The topological polar surface area (TPSA) is 72.0 Å². The van der Waals surface area contributed by atoms with E-state index in [4.69, 9.17) is 22.7 Å². The molecule has 1 heterocycles. The Bertz CT molecular complexity index is 863. The zero-order valence-corrected chi connectivity index (χ0v) is 15.1. The third-order valence-corrected chi connectivity index (χ3v) is 3.97. The molecule has 1 unspecified atom stereocenters. The molecule has 2 atom stereocenters. The lowest BCUT2D eigenvalue weighted by Gasteiger charge is -2.21. The lowest BCUT2D eigenvalue weighted by atomic mass is 9.93. The molecule has 2 rings (SSSR count). The Kier molecular flexibility index (Phi) is 7.08. The first-order valence-corrected chi connectivity index (χ1v) is 8.36. The van der Waals surface area contributed by atoms with Crippen molar-refractivity contribution in [1.82, 2.24) is 4.98 Å². The van der Waals surface area contributed by atoms with Crippen molar-refractivity contribution in [3.05, 3.63) is 64.2 Å². The molecule has 0 aliphatic rings. The molecule has 0 spiro atoms. The van der Waals surface area contributed by atoms with E-state index in [-0.39, 0.29) is 12.0 Å². The number of benzene rings is 1. The van der Waals surface area contributed by atoms with Crippen LogP contribution in [-0.2, 0) is 4.74 Å². The number of rotatable bonds is 5. The Morgan fingerprint density at radius 2 is 1.93 bits per heavy atom. The van der Waals surface area contributed by atoms with Crippen LogP contribution in [0.4, 0.5) is 13.2 Å². The number of ether oxygens (including phenoxy) is 1. The summed E-state index contributed by atoms with van der Waals surface area (Å²) in [4.78, 5) is 3.91. The highest BCUT2D eigenvalue weighted by Gasteiger charge is 2.27. The average Bonchev–Trinajstić information content (AvgIpc) is 2.61. The third-order valence-electron chi connectivity index (χ3n) is 3.75. The van der Waals surface area contributed by atoms with Gasteiger partial charge in [0.2, 0.25) is 0 Å². The van der Waals surface area contributed by atoms with E-state index in [9.17, 15) is 13.2 Å². The van der Waals surface area contributed by atoms with Gasteiger partial charge in [0.05, 0.1) is 0 Å². The second-order valence-electron chi connectivity index (χ2n) is 5.85. The third kappa shape index (κ3) is 6.19. The van der Waals surface area contributed by atoms with Crippen LogP contribution in [0, 0.1) is 23.1 Å².